The Morgan fingerprint density at radius 3 is 3.00 bits per heavy atom. The predicted molar refractivity (Wildman–Crippen MR) is 66.0 cm³/mol. The molecule has 1 amide bonds. The molecule has 17 heavy (non-hydrogen) atoms. The average molecular weight is 244 g/mol. The normalized spacial score (nSPS) is 25.8. The van der Waals surface area contributed by atoms with Crippen molar-refractivity contribution in [3.8, 4) is 0 Å². The number of amides is 1. The Morgan fingerprint density at radius 2 is 2.35 bits per heavy atom. The highest BCUT2D eigenvalue weighted by molar-refractivity contribution is 5.78. The van der Waals surface area contributed by atoms with Crippen LogP contribution in [0.5, 0.6) is 0 Å². The van der Waals surface area contributed by atoms with Crippen molar-refractivity contribution in [1.82, 2.24) is 10.2 Å². The van der Waals surface area contributed by atoms with Gasteiger partial charge in [0.2, 0.25) is 5.91 Å². The summed E-state index contributed by atoms with van der Waals surface area (Å²) in [5, 5.41) is 2.84. The zero-order valence-corrected chi connectivity index (χ0v) is 11.1. The molecule has 2 unspecified atom stereocenters. The van der Waals surface area contributed by atoms with E-state index < -0.39 is 0 Å². The van der Waals surface area contributed by atoms with Gasteiger partial charge < -0.3 is 14.8 Å². The van der Waals surface area contributed by atoms with Gasteiger partial charge in [-0.3, -0.25) is 9.69 Å². The van der Waals surface area contributed by atoms with Crippen molar-refractivity contribution in [3.05, 3.63) is 0 Å². The highest BCUT2D eigenvalue weighted by Gasteiger charge is 2.26. The van der Waals surface area contributed by atoms with E-state index in [9.17, 15) is 4.79 Å². The van der Waals surface area contributed by atoms with E-state index in [-0.39, 0.29) is 12.0 Å². The summed E-state index contributed by atoms with van der Waals surface area (Å²) in [7, 11) is 1.63. The molecule has 0 bridgehead atoms. The second-order valence-corrected chi connectivity index (χ2v) is 4.48. The molecule has 100 valence electrons. The van der Waals surface area contributed by atoms with Crippen LogP contribution in [0.15, 0.2) is 0 Å². The van der Waals surface area contributed by atoms with E-state index in [1.165, 1.54) is 0 Å². The van der Waals surface area contributed by atoms with Crippen molar-refractivity contribution in [2.75, 3.05) is 40.0 Å². The molecule has 0 aromatic rings. The number of ether oxygens (including phenoxy) is 2. The van der Waals surface area contributed by atoms with Crippen molar-refractivity contribution < 1.29 is 14.3 Å². The first kappa shape index (κ1) is 14.4. The van der Waals surface area contributed by atoms with E-state index in [1.807, 2.05) is 6.92 Å². The topological polar surface area (TPSA) is 50.8 Å². The summed E-state index contributed by atoms with van der Waals surface area (Å²) in [6, 6.07) is 0.361. The minimum Gasteiger partial charge on any atom is -0.383 e. The van der Waals surface area contributed by atoms with Crippen LogP contribution in [0.25, 0.3) is 0 Å². The lowest BCUT2D eigenvalue weighted by Gasteiger charge is -2.37. The van der Waals surface area contributed by atoms with Crippen LogP contribution in [0.1, 0.15) is 20.3 Å². The molecule has 0 aromatic carbocycles. The maximum Gasteiger partial charge on any atom is 0.234 e. The SMILES string of the molecule is CCC1COC(C)CN1CC(=O)NCCOC. The fourth-order valence-corrected chi connectivity index (χ4v) is 2.02. The maximum atomic E-state index is 11.7. The fraction of sp³-hybridized carbons (Fsp3) is 0.917. The molecule has 0 aliphatic carbocycles. The first-order valence-electron chi connectivity index (χ1n) is 6.28. The number of carbonyl (C=O) groups is 1. The number of carbonyl (C=O) groups excluding carboxylic acids is 1. The van der Waals surface area contributed by atoms with Gasteiger partial charge in [0.25, 0.3) is 0 Å². The molecule has 1 aliphatic rings. The molecular formula is C12H24N2O3. The van der Waals surface area contributed by atoms with Crippen LogP contribution in [0.2, 0.25) is 0 Å². The van der Waals surface area contributed by atoms with Crippen molar-refractivity contribution >= 4 is 5.91 Å². The zero-order valence-electron chi connectivity index (χ0n) is 11.1. The molecule has 0 radical (unpaired) electrons. The second-order valence-electron chi connectivity index (χ2n) is 4.48. The Hall–Kier alpha value is -0.650. The quantitative estimate of drug-likeness (QED) is 0.680. The summed E-state index contributed by atoms with van der Waals surface area (Å²) < 4.78 is 10.5. The number of hydrogen-bond acceptors (Lipinski definition) is 4. The minimum atomic E-state index is 0.0644. The number of hydrogen-bond donors (Lipinski definition) is 1. The summed E-state index contributed by atoms with van der Waals surface area (Å²) in [5.41, 5.74) is 0. The lowest BCUT2D eigenvalue weighted by molar-refractivity contribution is -0.126. The molecule has 1 saturated heterocycles. The van der Waals surface area contributed by atoms with Crippen LogP contribution in [-0.4, -0.2) is 62.9 Å². The Kier molecular flexibility index (Phi) is 6.47. The standard InChI is InChI=1S/C12H24N2O3/c1-4-11-9-17-10(2)7-14(11)8-12(15)13-5-6-16-3/h10-11H,4-9H2,1-3H3,(H,13,15). The van der Waals surface area contributed by atoms with E-state index in [4.69, 9.17) is 9.47 Å². The van der Waals surface area contributed by atoms with E-state index in [2.05, 4.69) is 17.1 Å². The molecule has 2 atom stereocenters. The number of nitrogens with one attached hydrogen (secondary N) is 1. The number of morpholine rings is 1. The Labute approximate surface area is 103 Å². The lowest BCUT2D eigenvalue weighted by atomic mass is 10.1. The molecule has 1 N–H and O–H groups in total. The molecule has 0 aromatic heterocycles. The van der Waals surface area contributed by atoms with E-state index >= 15 is 0 Å². The van der Waals surface area contributed by atoms with Gasteiger partial charge in [-0.2, -0.15) is 0 Å². The van der Waals surface area contributed by atoms with Crippen LogP contribution in [0.3, 0.4) is 0 Å². The number of rotatable bonds is 6. The monoisotopic (exact) mass is 244 g/mol. The van der Waals surface area contributed by atoms with Gasteiger partial charge in [-0.25, -0.2) is 0 Å². The maximum absolute atomic E-state index is 11.7. The largest absolute Gasteiger partial charge is 0.383 e. The fourth-order valence-electron chi connectivity index (χ4n) is 2.02. The third kappa shape index (κ3) is 5.02. The lowest BCUT2D eigenvalue weighted by Crippen LogP contribution is -2.52. The van der Waals surface area contributed by atoms with Gasteiger partial charge in [-0.05, 0) is 13.3 Å². The van der Waals surface area contributed by atoms with Crippen LogP contribution in [0.4, 0.5) is 0 Å². The second kappa shape index (κ2) is 7.63. The van der Waals surface area contributed by atoms with Gasteiger partial charge in [-0.1, -0.05) is 6.92 Å². The third-order valence-corrected chi connectivity index (χ3v) is 3.03. The highest BCUT2D eigenvalue weighted by atomic mass is 16.5. The molecule has 1 fully saturated rings. The van der Waals surface area contributed by atoms with Crippen molar-refractivity contribution in [1.29, 1.82) is 0 Å². The molecule has 1 heterocycles. The van der Waals surface area contributed by atoms with Crippen LogP contribution >= 0.6 is 0 Å². The van der Waals surface area contributed by atoms with Crippen LogP contribution in [-0.2, 0) is 14.3 Å². The average Bonchev–Trinajstić information content (AvgIpc) is 2.29. The Balaban J connectivity index is 2.33. The van der Waals surface area contributed by atoms with Gasteiger partial charge in [0.05, 0.1) is 25.9 Å². The van der Waals surface area contributed by atoms with Gasteiger partial charge >= 0.3 is 0 Å². The number of methoxy groups -OCH3 is 1. The third-order valence-electron chi connectivity index (χ3n) is 3.03. The van der Waals surface area contributed by atoms with Crippen LogP contribution in [0, 0.1) is 0 Å². The Bertz CT molecular complexity index is 236. The summed E-state index contributed by atoms with van der Waals surface area (Å²) in [4.78, 5) is 13.9. The van der Waals surface area contributed by atoms with Gasteiger partial charge in [0.1, 0.15) is 0 Å². The smallest absolute Gasteiger partial charge is 0.234 e. The molecule has 0 saturated carbocycles. The van der Waals surface area contributed by atoms with Crippen molar-refractivity contribution in [2.45, 2.75) is 32.4 Å². The van der Waals surface area contributed by atoms with E-state index in [0.717, 1.165) is 19.6 Å². The highest BCUT2D eigenvalue weighted by Crippen LogP contribution is 2.13. The van der Waals surface area contributed by atoms with Crippen molar-refractivity contribution in [2.24, 2.45) is 0 Å². The summed E-state index contributed by atoms with van der Waals surface area (Å²) in [5.74, 6) is 0.0644. The molecule has 5 nitrogen and oxygen atoms in total. The van der Waals surface area contributed by atoms with Gasteiger partial charge in [-0.15, -0.1) is 0 Å². The summed E-state index contributed by atoms with van der Waals surface area (Å²) in [6.45, 7) is 7.31. The molecule has 1 aliphatic heterocycles. The Morgan fingerprint density at radius 1 is 1.59 bits per heavy atom. The first-order valence-corrected chi connectivity index (χ1v) is 6.28. The van der Waals surface area contributed by atoms with E-state index in [1.54, 1.807) is 7.11 Å². The zero-order chi connectivity index (χ0) is 12.7. The molecule has 5 heteroatoms. The van der Waals surface area contributed by atoms with Gasteiger partial charge in [0.15, 0.2) is 0 Å². The molecular weight excluding hydrogens is 220 g/mol. The molecule has 1 rings (SSSR count). The minimum absolute atomic E-state index is 0.0644. The summed E-state index contributed by atoms with van der Waals surface area (Å²) in [6.07, 6.45) is 1.22. The molecule has 0 spiro atoms. The first-order chi connectivity index (χ1) is 8.17. The van der Waals surface area contributed by atoms with E-state index in [0.29, 0.717) is 25.7 Å². The van der Waals surface area contributed by atoms with Crippen molar-refractivity contribution in [3.63, 3.8) is 0 Å². The summed E-state index contributed by atoms with van der Waals surface area (Å²) >= 11 is 0. The predicted octanol–water partition coefficient (Wildman–Crippen LogP) is 0.248. The van der Waals surface area contributed by atoms with Gasteiger partial charge in [0, 0.05) is 26.2 Å². The number of nitrogens with zero attached hydrogens (tertiary/aromatic N) is 1. The van der Waals surface area contributed by atoms with Crippen LogP contribution < -0.4 is 5.32 Å².